The van der Waals surface area contributed by atoms with E-state index in [0.29, 0.717) is 17.2 Å². The summed E-state index contributed by atoms with van der Waals surface area (Å²) >= 11 is 6.16. The van der Waals surface area contributed by atoms with Crippen molar-refractivity contribution >= 4 is 39.1 Å². The lowest BCUT2D eigenvalue weighted by molar-refractivity contribution is -0.140. The molecule has 0 bridgehead atoms. The molecule has 0 aromatic heterocycles. The normalized spacial score (nSPS) is 12.4. The van der Waals surface area contributed by atoms with E-state index < -0.39 is 28.5 Å². The molecule has 248 valence electrons. The molecule has 0 radical (unpaired) electrons. The van der Waals surface area contributed by atoms with Crippen LogP contribution in [-0.2, 0) is 32.6 Å². The first kappa shape index (κ1) is 35.3. The number of nitrogens with one attached hydrogen (secondary N) is 1. The van der Waals surface area contributed by atoms with Gasteiger partial charge in [-0.05, 0) is 60.9 Å². The summed E-state index contributed by atoms with van der Waals surface area (Å²) in [5, 5.41) is 3.56. The Hall–Kier alpha value is -4.54. The second-order valence-corrected chi connectivity index (χ2v) is 13.3. The fraction of sp³-hybridized carbons (Fsp3) is 0.278. The molecule has 4 aromatic carbocycles. The van der Waals surface area contributed by atoms with Gasteiger partial charge in [0.25, 0.3) is 10.0 Å². The summed E-state index contributed by atoms with van der Waals surface area (Å²) in [5.74, 6) is -0.312. The van der Waals surface area contributed by atoms with Crippen LogP contribution in [0.15, 0.2) is 108 Å². The van der Waals surface area contributed by atoms with Gasteiger partial charge in [0.15, 0.2) is 11.5 Å². The average molecular weight is 678 g/mol. The first-order chi connectivity index (χ1) is 22.6. The van der Waals surface area contributed by atoms with Crippen LogP contribution in [0.3, 0.4) is 0 Å². The third-order valence-electron chi connectivity index (χ3n) is 7.80. The van der Waals surface area contributed by atoms with Gasteiger partial charge in [0.1, 0.15) is 12.6 Å². The van der Waals surface area contributed by atoms with Crippen molar-refractivity contribution in [3.8, 4) is 11.5 Å². The molecule has 0 saturated carbocycles. The summed E-state index contributed by atoms with van der Waals surface area (Å²) in [4.78, 5) is 29.8. The fourth-order valence-electron chi connectivity index (χ4n) is 5.01. The van der Waals surface area contributed by atoms with Crippen LogP contribution in [0.5, 0.6) is 11.5 Å². The number of amides is 2. The molecule has 2 amide bonds. The molecule has 0 spiro atoms. The van der Waals surface area contributed by atoms with Crippen LogP contribution in [0, 0.1) is 0 Å². The molecular weight excluding hydrogens is 638 g/mol. The number of nitrogens with zero attached hydrogens (tertiary/aromatic N) is 2. The van der Waals surface area contributed by atoms with Crippen LogP contribution in [0.2, 0.25) is 5.02 Å². The molecule has 1 N–H and O–H groups in total. The van der Waals surface area contributed by atoms with Gasteiger partial charge in [-0.2, -0.15) is 0 Å². The Balaban J connectivity index is 1.81. The minimum absolute atomic E-state index is 0.0421. The van der Waals surface area contributed by atoms with E-state index in [2.05, 4.69) is 5.32 Å². The first-order valence-corrected chi connectivity index (χ1v) is 17.1. The molecule has 0 aliphatic rings. The number of sulfonamides is 1. The number of hydrogen-bond donors (Lipinski definition) is 1. The van der Waals surface area contributed by atoms with Crippen molar-refractivity contribution in [2.45, 2.75) is 50.2 Å². The number of rotatable bonds is 15. The van der Waals surface area contributed by atoms with Crippen molar-refractivity contribution in [1.29, 1.82) is 0 Å². The standard InChI is InChI=1S/C36H40ClN3O6S/c1-5-26(2)38-36(42)32(22-27-12-8-6-9-13-27)39(24-28-16-18-29(37)19-17-28)35(41)25-40(30-14-10-7-11-15-30)47(43,44)31-20-21-33(45-3)34(23-31)46-4/h6-21,23,26,32H,5,22,24-25H2,1-4H3,(H,38,42)/t26-,32+/m0/s1. The SMILES string of the molecule is CC[C@H](C)NC(=O)[C@@H](Cc1ccccc1)N(Cc1ccc(Cl)cc1)C(=O)CN(c1ccccc1)S(=O)(=O)c1ccc(OC)c(OC)c1. The molecule has 4 aromatic rings. The second-order valence-electron chi connectivity index (χ2n) is 11.0. The highest BCUT2D eigenvalue weighted by molar-refractivity contribution is 7.92. The highest BCUT2D eigenvalue weighted by atomic mass is 35.5. The van der Waals surface area contributed by atoms with Crippen molar-refractivity contribution in [2.24, 2.45) is 0 Å². The molecule has 0 saturated heterocycles. The van der Waals surface area contributed by atoms with Crippen LogP contribution < -0.4 is 19.1 Å². The second kappa shape index (κ2) is 16.3. The van der Waals surface area contributed by atoms with Gasteiger partial charge in [0.05, 0.1) is 24.8 Å². The number of ether oxygens (including phenoxy) is 2. The maximum atomic E-state index is 14.6. The molecule has 0 aliphatic heterocycles. The van der Waals surface area contributed by atoms with Crippen LogP contribution in [-0.4, -0.2) is 58.0 Å². The number of para-hydroxylation sites is 1. The number of carbonyl (C=O) groups excluding carboxylic acids is 2. The van der Waals surface area contributed by atoms with E-state index in [1.165, 1.54) is 37.3 Å². The minimum atomic E-state index is -4.31. The number of halogens is 1. The van der Waals surface area contributed by atoms with Gasteiger partial charge in [0.2, 0.25) is 11.8 Å². The molecule has 9 nitrogen and oxygen atoms in total. The van der Waals surface area contributed by atoms with Gasteiger partial charge in [-0.3, -0.25) is 13.9 Å². The Bertz CT molecular complexity index is 1740. The van der Waals surface area contributed by atoms with Crippen molar-refractivity contribution in [3.63, 3.8) is 0 Å². The van der Waals surface area contributed by atoms with Crippen LogP contribution >= 0.6 is 11.6 Å². The molecule has 11 heteroatoms. The van der Waals surface area contributed by atoms with Crippen LogP contribution in [0.25, 0.3) is 0 Å². The van der Waals surface area contributed by atoms with Gasteiger partial charge in [-0.25, -0.2) is 8.42 Å². The summed E-state index contributed by atoms with van der Waals surface area (Å²) in [6.07, 6.45) is 0.913. The van der Waals surface area contributed by atoms with Crippen LogP contribution in [0.1, 0.15) is 31.4 Å². The molecule has 4 rings (SSSR count). The quantitative estimate of drug-likeness (QED) is 0.163. The third-order valence-corrected chi connectivity index (χ3v) is 9.83. The van der Waals surface area contributed by atoms with Crippen molar-refractivity contribution in [2.75, 3.05) is 25.1 Å². The van der Waals surface area contributed by atoms with Gasteiger partial charge < -0.3 is 19.7 Å². The van der Waals surface area contributed by atoms with Crippen molar-refractivity contribution in [1.82, 2.24) is 10.2 Å². The van der Waals surface area contributed by atoms with E-state index >= 15 is 0 Å². The number of hydrogen-bond acceptors (Lipinski definition) is 6. The molecule has 47 heavy (non-hydrogen) atoms. The first-order valence-electron chi connectivity index (χ1n) is 15.2. The van der Waals surface area contributed by atoms with Gasteiger partial charge in [-0.1, -0.05) is 79.2 Å². The smallest absolute Gasteiger partial charge is 0.264 e. The predicted molar refractivity (Wildman–Crippen MR) is 184 cm³/mol. The molecule has 0 unspecified atom stereocenters. The molecule has 2 atom stereocenters. The maximum Gasteiger partial charge on any atom is 0.264 e. The Labute approximate surface area is 282 Å². The van der Waals surface area contributed by atoms with E-state index in [-0.39, 0.29) is 41.2 Å². The van der Waals surface area contributed by atoms with Crippen LogP contribution in [0.4, 0.5) is 5.69 Å². The zero-order valence-electron chi connectivity index (χ0n) is 26.9. The topological polar surface area (TPSA) is 105 Å². The van der Waals surface area contributed by atoms with E-state index in [0.717, 1.165) is 15.4 Å². The number of carbonyl (C=O) groups is 2. The number of benzene rings is 4. The summed E-state index contributed by atoms with van der Waals surface area (Å²) in [7, 11) is -1.44. The Morgan fingerprint density at radius 1 is 0.830 bits per heavy atom. The van der Waals surface area contributed by atoms with E-state index in [4.69, 9.17) is 21.1 Å². The lowest BCUT2D eigenvalue weighted by Crippen LogP contribution is -2.54. The summed E-state index contributed by atoms with van der Waals surface area (Å²) < 4.78 is 40.3. The molecule has 0 aliphatic carbocycles. The molecule has 0 fully saturated rings. The van der Waals surface area contributed by atoms with E-state index in [1.807, 2.05) is 44.2 Å². The zero-order chi connectivity index (χ0) is 34.0. The van der Waals surface area contributed by atoms with Gasteiger partial charge >= 0.3 is 0 Å². The summed E-state index contributed by atoms with van der Waals surface area (Å²) in [6, 6.07) is 28.0. The Morgan fingerprint density at radius 3 is 2.04 bits per heavy atom. The highest BCUT2D eigenvalue weighted by Crippen LogP contribution is 2.32. The number of methoxy groups -OCH3 is 2. The van der Waals surface area contributed by atoms with Crippen molar-refractivity contribution in [3.05, 3.63) is 119 Å². The third kappa shape index (κ3) is 9.05. The zero-order valence-corrected chi connectivity index (χ0v) is 28.5. The summed E-state index contributed by atoms with van der Waals surface area (Å²) in [6.45, 7) is 3.33. The van der Waals surface area contributed by atoms with E-state index in [1.54, 1.807) is 54.6 Å². The highest BCUT2D eigenvalue weighted by Gasteiger charge is 2.35. The summed E-state index contributed by atoms with van der Waals surface area (Å²) in [5.41, 5.74) is 1.86. The minimum Gasteiger partial charge on any atom is -0.493 e. The maximum absolute atomic E-state index is 14.6. The predicted octanol–water partition coefficient (Wildman–Crippen LogP) is 6.11. The Kier molecular flexibility index (Phi) is 12.3. The number of anilines is 1. The average Bonchev–Trinajstić information content (AvgIpc) is 3.09. The van der Waals surface area contributed by atoms with Gasteiger partial charge in [-0.15, -0.1) is 0 Å². The fourth-order valence-corrected chi connectivity index (χ4v) is 6.56. The Morgan fingerprint density at radius 2 is 1.45 bits per heavy atom. The lowest BCUT2D eigenvalue weighted by Gasteiger charge is -2.34. The monoisotopic (exact) mass is 677 g/mol. The lowest BCUT2D eigenvalue weighted by atomic mass is 10.0. The molecule has 0 heterocycles. The van der Waals surface area contributed by atoms with Crippen molar-refractivity contribution < 1.29 is 27.5 Å². The van der Waals surface area contributed by atoms with E-state index in [9.17, 15) is 18.0 Å². The largest absolute Gasteiger partial charge is 0.493 e. The van der Waals surface area contributed by atoms with Gasteiger partial charge in [0, 0.05) is 30.1 Å². The molecular formula is C36H40ClN3O6S.